The van der Waals surface area contributed by atoms with Crippen LogP contribution in [0.5, 0.6) is 0 Å². The van der Waals surface area contributed by atoms with Gasteiger partial charge in [-0.3, -0.25) is 0 Å². The van der Waals surface area contributed by atoms with Crippen LogP contribution in [0.3, 0.4) is 0 Å². The molecule has 0 aliphatic heterocycles. The quantitative estimate of drug-likeness (QED) is 0.887. The maximum Gasteiger partial charge on any atom is 0.137 e. The zero-order chi connectivity index (χ0) is 11.4. The van der Waals surface area contributed by atoms with Crippen LogP contribution in [0.4, 0.5) is 10.1 Å². The Hall–Kier alpha value is -0.870. The van der Waals surface area contributed by atoms with Gasteiger partial charge in [0.15, 0.2) is 0 Å². The van der Waals surface area contributed by atoms with Gasteiger partial charge in [0.2, 0.25) is 0 Å². The van der Waals surface area contributed by atoms with Gasteiger partial charge < -0.3 is 5.32 Å². The molecule has 84 valence electrons. The molecule has 1 heterocycles. The zero-order valence-electron chi connectivity index (χ0n) is 8.54. The first-order valence-corrected chi connectivity index (χ1v) is 6.69. The minimum absolute atomic E-state index is 0.233. The minimum Gasteiger partial charge on any atom is -0.385 e. The van der Waals surface area contributed by atoms with E-state index in [9.17, 15) is 4.39 Å². The lowest BCUT2D eigenvalue weighted by molar-refractivity contribution is 0.621. The molecule has 0 aliphatic carbocycles. The van der Waals surface area contributed by atoms with Crippen LogP contribution in [-0.4, -0.2) is 6.54 Å². The summed E-state index contributed by atoms with van der Waals surface area (Å²) in [6, 6.07) is 7.07. The van der Waals surface area contributed by atoms with Crippen molar-refractivity contribution in [3.63, 3.8) is 0 Å². The Bertz CT molecular complexity index is 456. The molecule has 1 N–H and O–H groups in total. The number of rotatable bonds is 4. The van der Waals surface area contributed by atoms with Gasteiger partial charge in [-0.1, -0.05) is 0 Å². The smallest absolute Gasteiger partial charge is 0.137 e. The second-order valence-electron chi connectivity index (χ2n) is 3.44. The van der Waals surface area contributed by atoms with E-state index < -0.39 is 0 Å². The highest BCUT2D eigenvalue weighted by Crippen LogP contribution is 2.20. The summed E-state index contributed by atoms with van der Waals surface area (Å²) in [7, 11) is 0. The monoisotopic (exact) mass is 299 g/mol. The fourth-order valence-electron chi connectivity index (χ4n) is 1.39. The van der Waals surface area contributed by atoms with Gasteiger partial charge in [0, 0.05) is 12.2 Å². The summed E-state index contributed by atoms with van der Waals surface area (Å²) >= 11 is 4.87. The van der Waals surface area contributed by atoms with E-state index in [0.717, 1.165) is 18.7 Å². The highest BCUT2D eigenvalue weighted by Gasteiger charge is 2.00. The second kappa shape index (κ2) is 5.46. The molecule has 2 aromatic rings. The Kier molecular flexibility index (Phi) is 3.96. The van der Waals surface area contributed by atoms with E-state index in [1.807, 2.05) is 0 Å². The first kappa shape index (κ1) is 11.6. The Morgan fingerprint density at radius 2 is 2.19 bits per heavy atom. The minimum atomic E-state index is -0.233. The van der Waals surface area contributed by atoms with Crippen molar-refractivity contribution in [1.82, 2.24) is 0 Å². The van der Waals surface area contributed by atoms with Gasteiger partial charge in [0.1, 0.15) is 5.82 Å². The summed E-state index contributed by atoms with van der Waals surface area (Å²) in [4.78, 5) is 0. The van der Waals surface area contributed by atoms with E-state index in [-0.39, 0.29) is 5.82 Å². The van der Waals surface area contributed by atoms with Crippen molar-refractivity contribution >= 4 is 33.0 Å². The summed E-state index contributed by atoms with van der Waals surface area (Å²) in [5.74, 6) is -0.233. The van der Waals surface area contributed by atoms with Crippen LogP contribution in [0.15, 0.2) is 39.5 Å². The SMILES string of the molecule is Fc1ccc(NCCc2ccsc2)cc1Br. The Balaban J connectivity index is 1.87. The van der Waals surface area contributed by atoms with E-state index in [0.29, 0.717) is 4.47 Å². The molecule has 0 radical (unpaired) electrons. The molecule has 1 aromatic heterocycles. The van der Waals surface area contributed by atoms with Gasteiger partial charge >= 0.3 is 0 Å². The van der Waals surface area contributed by atoms with Crippen molar-refractivity contribution < 1.29 is 4.39 Å². The predicted octanol–water partition coefficient (Wildman–Crippen LogP) is 4.30. The van der Waals surface area contributed by atoms with E-state index in [1.165, 1.54) is 11.6 Å². The van der Waals surface area contributed by atoms with Crippen LogP contribution in [-0.2, 0) is 6.42 Å². The Morgan fingerprint density at radius 3 is 2.88 bits per heavy atom. The third-order valence-corrected chi connectivity index (χ3v) is 3.58. The van der Waals surface area contributed by atoms with Crippen LogP contribution in [0, 0.1) is 5.82 Å². The summed E-state index contributed by atoms with van der Waals surface area (Å²) in [6.45, 7) is 0.856. The van der Waals surface area contributed by atoms with Gasteiger partial charge in [-0.25, -0.2) is 4.39 Å². The molecule has 0 unspecified atom stereocenters. The lowest BCUT2D eigenvalue weighted by Gasteiger charge is -2.06. The number of anilines is 1. The Morgan fingerprint density at radius 1 is 1.31 bits per heavy atom. The molecule has 0 saturated heterocycles. The number of hydrogen-bond donors (Lipinski definition) is 1. The van der Waals surface area contributed by atoms with E-state index in [4.69, 9.17) is 0 Å². The fraction of sp³-hybridized carbons (Fsp3) is 0.167. The number of benzene rings is 1. The van der Waals surface area contributed by atoms with Crippen LogP contribution in [0.2, 0.25) is 0 Å². The van der Waals surface area contributed by atoms with E-state index in [2.05, 4.69) is 38.1 Å². The van der Waals surface area contributed by atoms with Gasteiger partial charge in [-0.2, -0.15) is 11.3 Å². The number of nitrogens with one attached hydrogen (secondary N) is 1. The molecule has 4 heteroatoms. The fourth-order valence-corrected chi connectivity index (χ4v) is 2.47. The first-order valence-electron chi connectivity index (χ1n) is 4.96. The summed E-state index contributed by atoms with van der Waals surface area (Å²) in [5, 5.41) is 7.47. The van der Waals surface area contributed by atoms with Crippen LogP contribution >= 0.6 is 27.3 Å². The molecule has 0 aliphatic rings. The molecule has 16 heavy (non-hydrogen) atoms. The van der Waals surface area contributed by atoms with Crippen molar-refractivity contribution in [2.24, 2.45) is 0 Å². The van der Waals surface area contributed by atoms with Gasteiger partial charge in [-0.05, 0) is 62.9 Å². The maximum atomic E-state index is 13.0. The highest BCUT2D eigenvalue weighted by atomic mass is 79.9. The maximum absolute atomic E-state index is 13.0. The van der Waals surface area contributed by atoms with Crippen molar-refractivity contribution in [1.29, 1.82) is 0 Å². The first-order chi connectivity index (χ1) is 7.75. The second-order valence-corrected chi connectivity index (χ2v) is 5.07. The molecule has 0 bridgehead atoms. The molecule has 0 atom stereocenters. The predicted molar refractivity (Wildman–Crippen MR) is 70.6 cm³/mol. The van der Waals surface area contributed by atoms with E-state index >= 15 is 0 Å². The summed E-state index contributed by atoms with van der Waals surface area (Å²) in [5.41, 5.74) is 2.27. The molecule has 1 nitrogen and oxygen atoms in total. The van der Waals surface area contributed by atoms with Crippen LogP contribution < -0.4 is 5.32 Å². The average Bonchev–Trinajstić information content (AvgIpc) is 2.76. The largest absolute Gasteiger partial charge is 0.385 e. The number of halogens is 2. The summed E-state index contributed by atoms with van der Waals surface area (Å²) in [6.07, 6.45) is 0.985. The number of thiophene rings is 1. The molecule has 0 saturated carbocycles. The van der Waals surface area contributed by atoms with Crippen LogP contribution in [0.1, 0.15) is 5.56 Å². The standard InChI is InChI=1S/C12H11BrFNS/c13-11-7-10(1-2-12(11)14)15-5-3-9-4-6-16-8-9/h1-2,4,6-8,15H,3,5H2. The van der Waals surface area contributed by atoms with Crippen molar-refractivity contribution in [2.75, 3.05) is 11.9 Å². The third-order valence-electron chi connectivity index (χ3n) is 2.24. The Labute approximate surface area is 106 Å². The highest BCUT2D eigenvalue weighted by molar-refractivity contribution is 9.10. The molecular formula is C12H11BrFNS. The normalized spacial score (nSPS) is 10.4. The molecule has 1 aromatic carbocycles. The lowest BCUT2D eigenvalue weighted by Crippen LogP contribution is -2.04. The molecule has 0 amide bonds. The van der Waals surface area contributed by atoms with Crippen molar-refractivity contribution in [3.8, 4) is 0 Å². The summed E-state index contributed by atoms with van der Waals surface area (Å²) < 4.78 is 13.5. The molecular weight excluding hydrogens is 289 g/mol. The van der Waals surface area contributed by atoms with Gasteiger partial charge in [0.05, 0.1) is 4.47 Å². The lowest BCUT2D eigenvalue weighted by atomic mass is 10.2. The van der Waals surface area contributed by atoms with Crippen molar-refractivity contribution in [2.45, 2.75) is 6.42 Å². The molecule has 2 rings (SSSR count). The van der Waals surface area contributed by atoms with Gasteiger partial charge in [-0.15, -0.1) is 0 Å². The van der Waals surface area contributed by atoms with Crippen LogP contribution in [0.25, 0.3) is 0 Å². The molecule has 0 spiro atoms. The topological polar surface area (TPSA) is 12.0 Å². The van der Waals surface area contributed by atoms with E-state index in [1.54, 1.807) is 23.5 Å². The van der Waals surface area contributed by atoms with Crippen molar-refractivity contribution in [3.05, 3.63) is 50.9 Å². The third kappa shape index (κ3) is 3.06. The average molecular weight is 300 g/mol. The number of hydrogen-bond acceptors (Lipinski definition) is 2. The van der Waals surface area contributed by atoms with Gasteiger partial charge in [0.25, 0.3) is 0 Å². The zero-order valence-corrected chi connectivity index (χ0v) is 10.9. The molecule has 0 fully saturated rings.